The van der Waals surface area contributed by atoms with Crippen LogP contribution in [0.25, 0.3) is 0 Å². The molecule has 0 aliphatic heterocycles. The zero-order valence-corrected chi connectivity index (χ0v) is 11.9. The predicted molar refractivity (Wildman–Crippen MR) is 77.2 cm³/mol. The van der Waals surface area contributed by atoms with E-state index in [1.54, 1.807) is 18.2 Å². The van der Waals surface area contributed by atoms with Crippen LogP contribution in [0.1, 0.15) is 5.56 Å². The Kier molecular flexibility index (Phi) is 4.34. The summed E-state index contributed by atoms with van der Waals surface area (Å²) in [6.45, 7) is 0. The molecule has 0 saturated carbocycles. The molecular formula is C14H11BrF2N2O. The summed E-state index contributed by atoms with van der Waals surface area (Å²) >= 11 is 3.26. The number of nitrogen functional groups attached to an aromatic ring is 1. The molecule has 2 aromatic rings. The number of carbonyl (C=O) groups is 1. The summed E-state index contributed by atoms with van der Waals surface area (Å²) in [5, 5.41) is 2.60. The van der Waals surface area contributed by atoms with Crippen molar-refractivity contribution >= 4 is 33.2 Å². The Balaban J connectivity index is 2.11. The van der Waals surface area contributed by atoms with Gasteiger partial charge in [0.2, 0.25) is 5.91 Å². The smallest absolute Gasteiger partial charge is 0.228 e. The number of hydrogen-bond donors (Lipinski definition) is 2. The van der Waals surface area contributed by atoms with E-state index < -0.39 is 17.5 Å². The van der Waals surface area contributed by atoms with Gasteiger partial charge in [-0.25, -0.2) is 8.78 Å². The fourth-order valence-electron chi connectivity index (χ4n) is 1.69. The van der Waals surface area contributed by atoms with Gasteiger partial charge >= 0.3 is 0 Å². The van der Waals surface area contributed by atoms with Gasteiger partial charge in [0.1, 0.15) is 0 Å². The number of rotatable bonds is 3. The van der Waals surface area contributed by atoms with Gasteiger partial charge in [0, 0.05) is 15.7 Å². The number of anilines is 2. The molecule has 2 rings (SSSR count). The Morgan fingerprint density at radius 2 is 2.00 bits per heavy atom. The molecule has 0 radical (unpaired) electrons. The van der Waals surface area contributed by atoms with Crippen LogP contribution in [0.15, 0.2) is 40.9 Å². The first kappa shape index (κ1) is 14.5. The lowest BCUT2D eigenvalue weighted by atomic mass is 10.1. The summed E-state index contributed by atoms with van der Waals surface area (Å²) in [5.41, 5.74) is 6.65. The van der Waals surface area contributed by atoms with Crippen molar-refractivity contribution in [1.29, 1.82) is 0 Å². The van der Waals surface area contributed by atoms with Gasteiger partial charge in [-0.05, 0) is 40.2 Å². The predicted octanol–water partition coefficient (Wildman–Crippen LogP) is 3.49. The van der Waals surface area contributed by atoms with Gasteiger partial charge in [-0.2, -0.15) is 0 Å². The Morgan fingerprint density at radius 3 is 2.70 bits per heavy atom. The molecule has 20 heavy (non-hydrogen) atoms. The maximum atomic E-state index is 13.5. The third-order valence-electron chi connectivity index (χ3n) is 2.65. The zero-order chi connectivity index (χ0) is 14.7. The van der Waals surface area contributed by atoms with E-state index in [1.165, 1.54) is 12.1 Å². The first-order valence-electron chi connectivity index (χ1n) is 5.75. The summed E-state index contributed by atoms with van der Waals surface area (Å²) in [6, 6.07) is 8.63. The third kappa shape index (κ3) is 3.33. The summed E-state index contributed by atoms with van der Waals surface area (Å²) in [6.07, 6.45) is -0.250. The van der Waals surface area contributed by atoms with Gasteiger partial charge in [-0.1, -0.05) is 12.1 Å². The molecule has 104 valence electrons. The molecule has 0 atom stereocenters. The van der Waals surface area contributed by atoms with Crippen molar-refractivity contribution in [3.8, 4) is 0 Å². The van der Waals surface area contributed by atoms with Gasteiger partial charge in [0.25, 0.3) is 0 Å². The molecule has 3 N–H and O–H groups in total. The van der Waals surface area contributed by atoms with Crippen molar-refractivity contribution in [2.45, 2.75) is 6.42 Å². The molecule has 6 heteroatoms. The molecule has 0 heterocycles. The van der Waals surface area contributed by atoms with Crippen LogP contribution in [0.5, 0.6) is 0 Å². The monoisotopic (exact) mass is 340 g/mol. The fourth-order valence-corrected chi connectivity index (χ4v) is 2.18. The molecule has 0 fully saturated rings. The molecular weight excluding hydrogens is 330 g/mol. The van der Waals surface area contributed by atoms with Crippen LogP contribution < -0.4 is 11.1 Å². The number of hydrogen-bond acceptors (Lipinski definition) is 2. The number of nitrogens with two attached hydrogens (primary N) is 1. The summed E-state index contributed by atoms with van der Waals surface area (Å²) in [4.78, 5) is 11.8. The van der Waals surface area contributed by atoms with Gasteiger partial charge < -0.3 is 11.1 Å². The van der Waals surface area contributed by atoms with Crippen LogP contribution in [0, 0.1) is 11.6 Å². The Bertz CT molecular complexity index is 662. The normalized spacial score (nSPS) is 10.3. The highest BCUT2D eigenvalue weighted by atomic mass is 79.9. The highest BCUT2D eigenvalue weighted by molar-refractivity contribution is 9.10. The molecule has 0 aliphatic carbocycles. The summed E-state index contributed by atoms with van der Waals surface area (Å²) < 4.78 is 27.1. The molecule has 0 unspecified atom stereocenters. The van der Waals surface area contributed by atoms with Crippen LogP contribution >= 0.6 is 15.9 Å². The van der Waals surface area contributed by atoms with E-state index in [1.807, 2.05) is 0 Å². The average molecular weight is 341 g/mol. The SMILES string of the molecule is Nc1ccc(NC(=O)Cc2cccc(F)c2F)c(Br)c1. The van der Waals surface area contributed by atoms with Crippen molar-refractivity contribution in [3.63, 3.8) is 0 Å². The van der Waals surface area contributed by atoms with Crippen LogP contribution in [-0.4, -0.2) is 5.91 Å². The molecule has 3 nitrogen and oxygen atoms in total. The topological polar surface area (TPSA) is 55.1 Å². The number of amides is 1. The second kappa shape index (κ2) is 6.00. The maximum absolute atomic E-state index is 13.5. The van der Waals surface area contributed by atoms with Crippen LogP contribution in [0.3, 0.4) is 0 Å². The third-order valence-corrected chi connectivity index (χ3v) is 3.31. The van der Waals surface area contributed by atoms with Crippen LogP contribution in [0.2, 0.25) is 0 Å². The largest absolute Gasteiger partial charge is 0.399 e. The number of halogens is 3. The molecule has 0 spiro atoms. The van der Waals surface area contributed by atoms with Crippen molar-refractivity contribution < 1.29 is 13.6 Å². The maximum Gasteiger partial charge on any atom is 0.228 e. The minimum atomic E-state index is -1.00. The lowest BCUT2D eigenvalue weighted by molar-refractivity contribution is -0.115. The quantitative estimate of drug-likeness (QED) is 0.840. The Labute approximate surface area is 122 Å². The number of carbonyl (C=O) groups excluding carboxylic acids is 1. The molecule has 0 aromatic heterocycles. The van der Waals surface area contributed by atoms with Crippen LogP contribution in [-0.2, 0) is 11.2 Å². The minimum absolute atomic E-state index is 0.00840. The lowest BCUT2D eigenvalue weighted by Crippen LogP contribution is -2.16. The van der Waals surface area contributed by atoms with Crippen molar-refractivity contribution in [2.75, 3.05) is 11.1 Å². The van der Waals surface area contributed by atoms with Crippen molar-refractivity contribution in [1.82, 2.24) is 0 Å². The summed E-state index contributed by atoms with van der Waals surface area (Å²) in [7, 11) is 0. The first-order valence-corrected chi connectivity index (χ1v) is 6.54. The molecule has 0 bridgehead atoms. The highest BCUT2D eigenvalue weighted by Gasteiger charge is 2.12. The van der Waals surface area contributed by atoms with Crippen LogP contribution in [0.4, 0.5) is 20.2 Å². The first-order chi connectivity index (χ1) is 9.47. The fraction of sp³-hybridized carbons (Fsp3) is 0.0714. The Hall–Kier alpha value is -1.95. The highest BCUT2D eigenvalue weighted by Crippen LogP contribution is 2.25. The summed E-state index contributed by atoms with van der Waals surface area (Å²) in [5.74, 6) is -2.41. The second-order valence-electron chi connectivity index (χ2n) is 4.18. The molecule has 0 saturated heterocycles. The standard InChI is InChI=1S/C14H11BrF2N2O/c15-10-7-9(18)4-5-12(10)19-13(20)6-8-2-1-3-11(16)14(8)17/h1-5,7H,6,18H2,(H,19,20). The zero-order valence-electron chi connectivity index (χ0n) is 10.3. The van der Waals surface area contributed by atoms with Gasteiger partial charge in [0.05, 0.1) is 12.1 Å². The second-order valence-corrected chi connectivity index (χ2v) is 5.03. The van der Waals surface area contributed by atoms with Gasteiger partial charge in [0.15, 0.2) is 11.6 Å². The van der Waals surface area contributed by atoms with E-state index in [-0.39, 0.29) is 12.0 Å². The lowest BCUT2D eigenvalue weighted by Gasteiger charge is -2.08. The molecule has 1 amide bonds. The number of nitrogens with one attached hydrogen (secondary N) is 1. The van der Waals surface area contributed by atoms with Crippen molar-refractivity contribution in [2.24, 2.45) is 0 Å². The van der Waals surface area contributed by atoms with E-state index in [0.717, 1.165) is 6.07 Å². The Morgan fingerprint density at radius 1 is 1.25 bits per heavy atom. The van der Waals surface area contributed by atoms with E-state index >= 15 is 0 Å². The molecule has 2 aromatic carbocycles. The van der Waals surface area contributed by atoms with Crippen molar-refractivity contribution in [3.05, 3.63) is 58.1 Å². The van der Waals surface area contributed by atoms with Gasteiger partial charge in [-0.3, -0.25) is 4.79 Å². The van der Waals surface area contributed by atoms with E-state index in [4.69, 9.17) is 5.73 Å². The minimum Gasteiger partial charge on any atom is -0.399 e. The number of benzene rings is 2. The average Bonchev–Trinajstić information content (AvgIpc) is 2.38. The van der Waals surface area contributed by atoms with E-state index in [9.17, 15) is 13.6 Å². The molecule has 0 aliphatic rings. The van der Waals surface area contributed by atoms with E-state index in [2.05, 4.69) is 21.2 Å². The van der Waals surface area contributed by atoms with E-state index in [0.29, 0.717) is 15.8 Å². The van der Waals surface area contributed by atoms with Gasteiger partial charge in [-0.15, -0.1) is 0 Å².